The third-order valence-electron chi connectivity index (χ3n) is 3.34. The number of aryl methyl sites for hydroxylation is 1. The van der Waals surface area contributed by atoms with Crippen molar-refractivity contribution < 1.29 is 4.79 Å². The lowest BCUT2D eigenvalue weighted by atomic mass is 10.1. The Balaban J connectivity index is 1.83. The highest BCUT2D eigenvalue weighted by Gasteiger charge is 2.08. The van der Waals surface area contributed by atoms with Gasteiger partial charge in [-0.25, -0.2) is 4.98 Å². The lowest BCUT2D eigenvalue weighted by Gasteiger charge is -2.09. The number of hydrogen-bond donors (Lipinski definition) is 1. The summed E-state index contributed by atoms with van der Waals surface area (Å²) in [6, 6.07) is 13.3. The summed E-state index contributed by atoms with van der Waals surface area (Å²) < 4.78 is 2.99. The summed E-state index contributed by atoms with van der Waals surface area (Å²) in [6.45, 7) is 2.04. The van der Waals surface area contributed by atoms with Crippen molar-refractivity contribution in [2.24, 2.45) is 0 Å². The molecule has 0 spiro atoms. The Hall–Kier alpha value is -2.15. The highest BCUT2D eigenvalue weighted by molar-refractivity contribution is 14.1. The predicted molar refractivity (Wildman–Crippen MR) is 95.4 cm³/mol. The second-order valence-electron chi connectivity index (χ2n) is 4.94. The third kappa shape index (κ3) is 3.19. The maximum absolute atomic E-state index is 12.4. The Morgan fingerprint density at radius 1 is 1.23 bits per heavy atom. The average Bonchev–Trinajstić information content (AvgIpc) is 3.05. The Kier molecular flexibility index (Phi) is 4.24. The van der Waals surface area contributed by atoms with Crippen LogP contribution in [0.4, 0.5) is 5.69 Å². The molecule has 0 atom stereocenters. The highest BCUT2D eigenvalue weighted by atomic mass is 127. The van der Waals surface area contributed by atoms with Gasteiger partial charge in [-0.3, -0.25) is 4.79 Å². The van der Waals surface area contributed by atoms with Crippen LogP contribution in [0.3, 0.4) is 0 Å². The number of rotatable bonds is 3. The molecule has 110 valence electrons. The maximum Gasteiger partial charge on any atom is 0.255 e. The standard InChI is InChI=1S/C17H14IN3O/c1-12-5-6-14(10-16(12)18)20-17(22)13-3-2-4-15(9-13)21-8-7-19-11-21/h2-11H,1H3,(H,20,22). The van der Waals surface area contributed by atoms with E-state index >= 15 is 0 Å². The first-order valence-corrected chi connectivity index (χ1v) is 7.87. The summed E-state index contributed by atoms with van der Waals surface area (Å²) in [5, 5.41) is 2.93. The van der Waals surface area contributed by atoms with Crippen molar-refractivity contribution in [3.63, 3.8) is 0 Å². The number of benzene rings is 2. The van der Waals surface area contributed by atoms with Gasteiger partial charge >= 0.3 is 0 Å². The molecule has 5 heteroatoms. The molecular weight excluding hydrogens is 389 g/mol. The molecule has 0 aliphatic heterocycles. The number of carbonyl (C=O) groups excluding carboxylic acids is 1. The summed E-state index contributed by atoms with van der Waals surface area (Å²) >= 11 is 2.26. The van der Waals surface area contributed by atoms with Gasteiger partial charge in [0.25, 0.3) is 5.91 Å². The summed E-state index contributed by atoms with van der Waals surface area (Å²) in [4.78, 5) is 16.4. The summed E-state index contributed by atoms with van der Waals surface area (Å²) in [6.07, 6.45) is 5.26. The van der Waals surface area contributed by atoms with Crippen LogP contribution in [0, 0.1) is 10.5 Å². The van der Waals surface area contributed by atoms with Crippen LogP contribution in [0.5, 0.6) is 0 Å². The monoisotopic (exact) mass is 403 g/mol. The summed E-state index contributed by atoms with van der Waals surface area (Å²) in [5.41, 5.74) is 3.51. The Bertz CT molecular complexity index is 813. The van der Waals surface area contributed by atoms with Crippen LogP contribution < -0.4 is 5.32 Å². The molecule has 2 aromatic carbocycles. The molecule has 3 rings (SSSR count). The molecule has 0 unspecified atom stereocenters. The fourth-order valence-corrected chi connectivity index (χ4v) is 2.61. The molecule has 22 heavy (non-hydrogen) atoms. The van der Waals surface area contributed by atoms with Crippen LogP contribution in [0.2, 0.25) is 0 Å². The second-order valence-corrected chi connectivity index (χ2v) is 6.10. The quantitative estimate of drug-likeness (QED) is 0.672. The van der Waals surface area contributed by atoms with E-state index in [4.69, 9.17) is 0 Å². The number of nitrogens with zero attached hydrogens (tertiary/aromatic N) is 2. The van der Waals surface area contributed by atoms with Crippen molar-refractivity contribution in [3.05, 3.63) is 75.9 Å². The van der Waals surface area contributed by atoms with Gasteiger partial charge in [0, 0.05) is 32.9 Å². The topological polar surface area (TPSA) is 46.9 Å². The normalized spacial score (nSPS) is 10.5. The van der Waals surface area contributed by atoms with Crippen LogP contribution in [0.15, 0.2) is 61.2 Å². The fourth-order valence-electron chi connectivity index (χ4n) is 2.09. The van der Waals surface area contributed by atoms with Gasteiger partial charge in [-0.15, -0.1) is 0 Å². The number of anilines is 1. The minimum absolute atomic E-state index is 0.124. The first-order chi connectivity index (χ1) is 10.6. The van der Waals surface area contributed by atoms with E-state index in [9.17, 15) is 4.79 Å². The number of carbonyl (C=O) groups is 1. The van der Waals surface area contributed by atoms with E-state index in [1.54, 1.807) is 18.6 Å². The molecule has 1 heterocycles. The smallest absolute Gasteiger partial charge is 0.255 e. The van der Waals surface area contributed by atoms with E-state index in [-0.39, 0.29) is 5.91 Å². The zero-order valence-corrected chi connectivity index (χ0v) is 14.1. The molecule has 3 aromatic rings. The maximum atomic E-state index is 12.4. The van der Waals surface area contributed by atoms with Crippen molar-refractivity contribution in [1.82, 2.24) is 9.55 Å². The number of aromatic nitrogens is 2. The molecule has 0 bridgehead atoms. The van der Waals surface area contributed by atoms with Gasteiger partial charge in [-0.1, -0.05) is 12.1 Å². The number of nitrogens with one attached hydrogen (secondary N) is 1. The van der Waals surface area contributed by atoms with Gasteiger partial charge in [0.2, 0.25) is 0 Å². The minimum atomic E-state index is -0.124. The van der Waals surface area contributed by atoms with Crippen molar-refractivity contribution in [1.29, 1.82) is 0 Å². The van der Waals surface area contributed by atoms with Gasteiger partial charge in [-0.2, -0.15) is 0 Å². The third-order valence-corrected chi connectivity index (χ3v) is 4.50. The van der Waals surface area contributed by atoms with E-state index in [0.717, 1.165) is 14.9 Å². The lowest BCUT2D eigenvalue weighted by molar-refractivity contribution is 0.102. The molecule has 0 saturated carbocycles. The van der Waals surface area contributed by atoms with Crippen molar-refractivity contribution in [3.8, 4) is 5.69 Å². The summed E-state index contributed by atoms with van der Waals surface area (Å²) in [5.74, 6) is -0.124. The average molecular weight is 403 g/mol. The van der Waals surface area contributed by atoms with E-state index in [2.05, 4.69) is 32.9 Å². The predicted octanol–water partition coefficient (Wildman–Crippen LogP) is 4.04. The minimum Gasteiger partial charge on any atom is -0.322 e. The van der Waals surface area contributed by atoms with E-state index < -0.39 is 0 Å². The molecule has 0 saturated heterocycles. The Morgan fingerprint density at radius 3 is 2.82 bits per heavy atom. The molecular formula is C17H14IN3O. The van der Waals surface area contributed by atoms with Gasteiger partial charge in [-0.05, 0) is 65.4 Å². The van der Waals surface area contributed by atoms with E-state index in [1.165, 1.54) is 5.56 Å². The van der Waals surface area contributed by atoms with Crippen LogP contribution in [-0.4, -0.2) is 15.5 Å². The van der Waals surface area contributed by atoms with E-state index in [1.807, 2.05) is 54.1 Å². The van der Waals surface area contributed by atoms with Crippen molar-refractivity contribution >= 4 is 34.2 Å². The largest absolute Gasteiger partial charge is 0.322 e. The lowest BCUT2D eigenvalue weighted by Crippen LogP contribution is -2.12. The zero-order valence-electron chi connectivity index (χ0n) is 12.0. The van der Waals surface area contributed by atoms with Crippen LogP contribution >= 0.6 is 22.6 Å². The first-order valence-electron chi connectivity index (χ1n) is 6.79. The summed E-state index contributed by atoms with van der Waals surface area (Å²) in [7, 11) is 0. The number of amides is 1. The Labute approximate surface area is 142 Å². The van der Waals surface area contributed by atoms with Crippen LogP contribution in [-0.2, 0) is 0 Å². The van der Waals surface area contributed by atoms with Crippen molar-refractivity contribution in [2.45, 2.75) is 6.92 Å². The number of halogens is 1. The molecule has 1 N–H and O–H groups in total. The van der Waals surface area contributed by atoms with Crippen LogP contribution in [0.25, 0.3) is 5.69 Å². The van der Waals surface area contributed by atoms with E-state index in [0.29, 0.717) is 5.56 Å². The molecule has 1 amide bonds. The molecule has 0 radical (unpaired) electrons. The van der Waals surface area contributed by atoms with Crippen molar-refractivity contribution in [2.75, 3.05) is 5.32 Å². The number of hydrogen-bond acceptors (Lipinski definition) is 2. The molecule has 0 aliphatic rings. The molecule has 0 fully saturated rings. The Morgan fingerprint density at radius 2 is 2.09 bits per heavy atom. The molecule has 4 nitrogen and oxygen atoms in total. The molecule has 1 aromatic heterocycles. The molecule has 0 aliphatic carbocycles. The highest BCUT2D eigenvalue weighted by Crippen LogP contribution is 2.18. The van der Waals surface area contributed by atoms with Gasteiger partial charge in [0.1, 0.15) is 0 Å². The van der Waals surface area contributed by atoms with Gasteiger partial charge in [0.05, 0.1) is 6.33 Å². The SMILES string of the molecule is Cc1ccc(NC(=O)c2cccc(-n3ccnc3)c2)cc1I. The zero-order chi connectivity index (χ0) is 15.5. The van der Waals surface area contributed by atoms with Gasteiger partial charge in [0.15, 0.2) is 0 Å². The van der Waals surface area contributed by atoms with Crippen LogP contribution in [0.1, 0.15) is 15.9 Å². The second kappa shape index (κ2) is 6.31. The van der Waals surface area contributed by atoms with Gasteiger partial charge < -0.3 is 9.88 Å². The number of imidazole rings is 1. The fraction of sp³-hybridized carbons (Fsp3) is 0.0588. The first kappa shape index (κ1) is 14.8.